The number of amides is 2. The van der Waals surface area contributed by atoms with Crippen molar-refractivity contribution in [2.24, 2.45) is 11.1 Å². The highest BCUT2D eigenvalue weighted by atomic mass is 35.5. The minimum Gasteiger partial charge on any atom is -0.484 e. The van der Waals surface area contributed by atoms with Crippen molar-refractivity contribution in [3.63, 3.8) is 0 Å². The molecule has 2 amide bonds. The summed E-state index contributed by atoms with van der Waals surface area (Å²) in [6.07, 6.45) is 6.15. The van der Waals surface area contributed by atoms with Crippen LogP contribution in [0.15, 0.2) is 24.3 Å². The molecule has 1 aromatic rings. The maximum absolute atomic E-state index is 12.4. The van der Waals surface area contributed by atoms with E-state index in [9.17, 15) is 9.59 Å². The lowest BCUT2D eigenvalue weighted by Crippen LogP contribution is -2.38. The van der Waals surface area contributed by atoms with E-state index in [-0.39, 0.29) is 36.2 Å². The van der Waals surface area contributed by atoms with Crippen LogP contribution in [-0.4, -0.2) is 44.0 Å². The monoisotopic (exact) mass is 397 g/mol. The van der Waals surface area contributed by atoms with Crippen molar-refractivity contribution < 1.29 is 14.3 Å². The van der Waals surface area contributed by atoms with Crippen LogP contribution < -0.4 is 15.8 Å². The van der Waals surface area contributed by atoms with Gasteiger partial charge in [-0.15, -0.1) is 12.4 Å². The van der Waals surface area contributed by atoms with Gasteiger partial charge in [-0.25, -0.2) is 0 Å². The van der Waals surface area contributed by atoms with E-state index in [1.54, 1.807) is 20.2 Å². The quantitative estimate of drug-likeness (QED) is 0.705. The zero-order valence-electron chi connectivity index (χ0n) is 16.3. The van der Waals surface area contributed by atoms with Gasteiger partial charge in [0.25, 0.3) is 5.91 Å². The fraction of sp³-hybridized carbons (Fsp3) is 0.600. The van der Waals surface area contributed by atoms with E-state index in [1.807, 2.05) is 18.2 Å². The third kappa shape index (κ3) is 7.39. The first-order valence-corrected chi connectivity index (χ1v) is 9.33. The van der Waals surface area contributed by atoms with E-state index in [0.29, 0.717) is 25.3 Å². The first kappa shape index (κ1) is 23.2. The Hall–Kier alpha value is -1.79. The maximum atomic E-state index is 12.4. The van der Waals surface area contributed by atoms with Crippen LogP contribution in [0.4, 0.5) is 0 Å². The highest BCUT2D eigenvalue weighted by Crippen LogP contribution is 2.38. The van der Waals surface area contributed by atoms with E-state index < -0.39 is 0 Å². The van der Waals surface area contributed by atoms with Gasteiger partial charge >= 0.3 is 0 Å². The fourth-order valence-electron chi connectivity index (χ4n) is 3.38. The van der Waals surface area contributed by atoms with Gasteiger partial charge in [0, 0.05) is 27.1 Å². The number of nitrogens with zero attached hydrogens (tertiary/aromatic N) is 1. The number of rotatable bonds is 8. The molecule has 0 unspecified atom stereocenters. The molecular weight excluding hydrogens is 366 g/mol. The summed E-state index contributed by atoms with van der Waals surface area (Å²) < 4.78 is 5.51. The molecule has 0 heterocycles. The van der Waals surface area contributed by atoms with E-state index in [1.165, 1.54) is 11.3 Å². The molecule has 0 atom stereocenters. The van der Waals surface area contributed by atoms with Crippen molar-refractivity contribution in [3.8, 4) is 5.75 Å². The summed E-state index contributed by atoms with van der Waals surface area (Å²) in [5, 5.41) is 2.99. The third-order valence-electron chi connectivity index (χ3n) is 5.13. The Morgan fingerprint density at radius 2 is 1.93 bits per heavy atom. The topological polar surface area (TPSA) is 84.7 Å². The predicted molar refractivity (Wildman–Crippen MR) is 109 cm³/mol. The molecule has 1 fully saturated rings. The number of nitrogens with two attached hydrogens (primary N) is 1. The number of likely N-dealkylation sites (N-methyl/N-ethyl adjacent to an activating group) is 1. The first-order chi connectivity index (χ1) is 12.4. The Kier molecular flexibility index (Phi) is 9.60. The minimum atomic E-state index is -0.0942. The second-order valence-corrected chi connectivity index (χ2v) is 7.44. The Morgan fingerprint density at radius 3 is 2.56 bits per heavy atom. The summed E-state index contributed by atoms with van der Waals surface area (Å²) in [7, 11) is 3.39. The first-order valence-electron chi connectivity index (χ1n) is 9.33. The molecule has 27 heavy (non-hydrogen) atoms. The number of benzene rings is 1. The number of carbonyl (C=O) groups is 2. The maximum Gasteiger partial charge on any atom is 0.259 e. The molecule has 3 N–H and O–H groups in total. The molecule has 1 aromatic carbocycles. The van der Waals surface area contributed by atoms with Gasteiger partial charge in [0.15, 0.2) is 6.61 Å². The zero-order chi connectivity index (χ0) is 19.0. The van der Waals surface area contributed by atoms with Crippen LogP contribution in [0.2, 0.25) is 0 Å². The lowest BCUT2D eigenvalue weighted by atomic mass is 9.71. The van der Waals surface area contributed by atoms with E-state index in [4.69, 9.17) is 10.5 Å². The van der Waals surface area contributed by atoms with Crippen LogP contribution in [0.5, 0.6) is 5.75 Å². The number of hydrogen-bond acceptors (Lipinski definition) is 4. The van der Waals surface area contributed by atoms with Crippen LogP contribution in [0, 0.1) is 5.41 Å². The molecule has 6 nitrogen and oxygen atoms in total. The smallest absolute Gasteiger partial charge is 0.259 e. The molecular formula is C20H32ClN3O3. The van der Waals surface area contributed by atoms with E-state index in [2.05, 4.69) is 5.32 Å². The zero-order valence-corrected chi connectivity index (χ0v) is 17.1. The minimum absolute atomic E-state index is 0. The molecule has 7 heteroatoms. The number of halogens is 1. The van der Waals surface area contributed by atoms with E-state index >= 15 is 0 Å². The Labute approximate surface area is 168 Å². The average molecular weight is 398 g/mol. The third-order valence-corrected chi connectivity index (χ3v) is 5.13. The summed E-state index contributed by atoms with van der Waals surface area (Å²) in [6.45, 7) is 1.02. The van der Waals surface area contributed by atoms with Gasteiger partial charge < -0.3 is 20.7 Å². The summed E-state index contributed by atoms with van der Waals surface area (Å²) in [5.41, 5.74) is 6.88. The molecule has 0 aliphatic heterocycles. The normalized spacial score (nSPS) is 15.4. The summed E-state index contributed by atoms with van der Waals surface area (Å²) in [6, 6.07) is 7.45. The summed E-state index contributed by atoms with van der Waals surface area (Å²) in [4.78, 5) is 25.5. The molecule has 0 spiro atoms. The van der Waals surface area contributed by atoms with Gasteiger partial charge in [-0.3, -0.25) is 9.59 Å². The average Bonchev–Trinajstić information content (AvgIpc) is 2.65. The van der Waals surface area contributed by atoms with Gasteiger partial charge in [0.05, 0.1) is 0 Å². The second kappa shape index (κ2) is 11.1. The van der Waals surface area contributed by atoms with Gasteiger partial charge in [-0.05, 0) is 42.5 Å². The molecule has 152 valence electrons. The lowest BCUT2D eigenvalue weighted by Gasteiger charge is -2.35. The Bertz CT molecular complexity index is 616. The highest BCUT2D eigenvalue weighted by molar-refractivity contribution is 5.85. The van der Waals surface area contributed by atoms with Gasteiger partial charge in [0.1, 0.15) is 5.75 Å². The van der Waals surface area contributed by atoms with Crippen molar-refractivity contribution >= 4 is 24.2 Å². The molecule has 0 radical (unpaired) electrons. The molecule has 1 saturated carbocycles. The van der Waals surface area contributed by atoms with Crippen LogP contribution in [-0.2, 0) is 16.1 Å². The van der Waals surface area contributed by atoms with Crippen molar-refractivity contribution in [2.45, 2.75) is 45.1 Å². The largest absolute Gasteiger partial charge is 0.484 e. The van der Waals surface area contributed by atoms with Gasteiger partial charge in [-0.2, -0.15) is 0 Å². The van der Waals surface area contributed by atoms with Gasteiger partial charge in [0.2, 0.25) is 5.91 Å². The van der Waals surface area contributed by atoms with Crippen molar-refractivity contribution in [1.82, 2.24) is 10.2 Å². The lowest BCUT2D eigenvalue weighted by molar-refractivity contribution is -0.130. The van der Waals surface area contributed by atoms with Crippen LogP contribution in [0.1, 0.15) is 44.1 Å². The fourth-order valence-corrected chi connectivity index (χ4v) is 3.38. The molecule has 2 rings (SSSR count). The Balaban J connectivity index is 0.00000364. The molecule has 1 aliphatic rings. The van der Waals surface area contributed by atoms with Crippen molar-refractivity contribution in [3.05, 3.63) is 29.8 Å². The van der Waals surface area contributed by atoms with Gasteiger partial charge in [-0.1, -0.05) is 31.4 Å². The highest BCUT2D eigenvalue weighted by Gasteiger charge is 2.32. The van der Waals surface area contributed by atoms with Crippen LogP contribution in [0.3, 0.4) is 0 Å². The van der Waals surface area contributed by atoms with Crippen LogP contribution in [0.25, 0.3) is 0 Å². The predicted octanol–water partition coefficient (Wildman–Crippen LogP) is 2.49. The van der Waals surface area contributed by atoms with Crippen LogP contribution >= 0.6 is 12.4 Å². The van der Waals surface area contributed by atoms with Crippen molar-refractivity contribution in [2.75, 3.05) is 27.2 Å². The SMILES string of the molecule is CN(C)C(=O)COc1cccc(CNC(=O)CC2(CN)CCCCC2)c1.Cl. The number of carbonyl (C=O) groups excluding carboxylic acids is 2. The second-order valence-electron chi connectivity index (χ2n) is 7.44. The number of hydrogen-bond donors (Lipinski definition) is 2. The summed E-state index contributed by atoms with van der Waals surface area (Å²) >= 11 is 0. The summed E-state index contributed by atoms with van der Waals surface area (Å²) in [5.74, 6) is 0.576. The molecule has 1 aliphatic carbocycles. The molecule has 0 aromatic heterocycles. The standard InChI is InChI=1S/C20H31N3O3.ClH/c1-23(2)19(25)14-26-17-8-6-7-16(11-17)13-22-18(24)12-20(15-21)9-4-3-5-10-20;/h6-8,11H,3-5,9-10,12-15,21H2,1-2H3,(H,22,24);1H. The molecule has 0 saturated heterocycles. The molecule has 0 bridgehead atoms. The van der Waals surface area contributed by atoms with Crippen molar-refractivity contribution in [1.29, 1.82) is 0 Å². The number of ether oxygens (including phenoxy) is 1. The Morgan fingerprint density at radius 1 is 1.22 bits per heavy atom. The number of nitrogens with one attached hydrogen (secondary N) is 1. The van der Waals surface area contributed by atoms with E-state index in [0.717, 1.165) is 31.2 Å².